The number of rotatable bonds is 3. The molecule has 2 N–H and O–H groups in total. The molecule has 0 bridgehead atoms. The fourth-order valence-corrected chi connectivity index (χ4v) is 3.87. The Balaban J connectivity index is 1.94. The van der Waals surface area contributed by atoms with E-state index in [1.807, 2.05) is 11.4 Å². The van der Waals surface area contributed by atoms with Gasteiger partial charge >= 0.3 is 0 Å². The molecule has 2 heterocycles. The lowest BCUT2D eigenvalue weighted by molar-refractivity contribution is -0.384. The molecule has 0 spiro atoms. The number of hydrogen-bond donors (Lipinski definition) is 2. The molecule has 8 heteroatoms. The van der Waals surface area contributed by atoms with Gasteiger partial charge in [0.1, 0.15) is 5.75 Å². The first-order valence-electron chi connectivity index (χ1n) is 5.81. The van der Waals surface area contributed by atoms with Crippen LogP contribution in [-0.2, 0) is 0 Å². The molecule has 0 aliphatic carbocycles. The van der Waals surface area contributed by atoms with Crippen LogP contribution in [0.5, 0.6) is 5.75 Å². The number of anilines is 1. The van der Waals surface area contributed by atoms with Crippen molar-refractivity contribution in [3.05, 3.63) is 50.7 Å². The van der Waals surface area contributed by atoms with E-state index in [1.165, 1.54) is 40.9 Å². The fourth-order valence-electron chi connectivity index (χ4n) is 1.86. The maximum Gasteiger partial charge on any atom is 0.296 e. The summed E-state index contributed by atoms with van der Waals surface area (Å²) in [4.78, 5) is 22.9. The quantitative estimate of drug-likeness (QED) is 0.436. The molecule has 0 fully saturated rings. The summed E-state index contributed by atoms with van der Waals surface area (Å²) < 4.78 is 1.97. The van der Waals surface area contributed by atoms with Gasteiger partial charge in [0, 0.05) is 15.5 Å². The number of fused-ring (bicyclic) bond motifs is 1. The number of nitrogens with zero attached hydrogens (tertiary/aromatic N) is 1. The van der Waals surface area contributed by atoms with Gasteiger partial charge in [-0.2, -0.15) is 0 Å². The Labute approximate surface area is 126 Å². The highest BCUT2D eigenvalue weighted by Crippen LogP contribution is 2.35. The van der Waals surface area contributed by atoms with Gasteiger partial charge in [-0.1, -0.05) is 6.07 Å². The van der Waals surface area contributed by atoms with E-state index >= 15 is 0 Å². The number of nitrogens with one attached hydrogen (secondary N) is 1. The third kappa shape index (κ3) is 2.46. The van der Waals surface area contributed by atoms with Gasteiger partial charge in [0.2, 0.25) is 0 Å². The zero-order valence-corrected chi connectivity index (χ0v) is 12.0. The van der Waals surface area contributed by atoms with Gasteiger partial charge < -0.3 is 10.4 Å². The third-order valence-electron chi connectivity index (χ3n) is 2.82. The van der Waals surface area contributed by atoms with Crippen molar-refractivity contribution < 1.29 is 14.8 Å². The zero-order valence-electron chi connectivity index (χ0n) is 10.4. The second kappa shape index (κ2) is 5.15. The Morgan fingerprint density at radius 1 is 1.29 bits per heavy atom. The summed E-state index contributed by atoms with van der Waals surface area (Å²) in [5.74, 6) is -0.816. The van der Waals surface area contributed by atoms with Crippen LogP contribution in [0.15, 0.2) is 35.7 Å². The number of para-hydroxylation sites is 1. The number of thiophene rings is 2. The highest BCUT2D eigenvalue weighted by Gasteiger charge is 2.21. The fraction of sp³-hybridized carbons (Fsp3) is 0. The number of nitro groups is 1. The number of nitro benzene ring substituents is 1. The van der Waals surface area contributed by atoms with Gasteiger partial charge in [0.15, 0.2) is 5.69 Å². The van der Waals surface area contributed by atoms with E-state index in [2.05, 4.69) is 5.32 Å². The van der Waals surface area contributed by atoms with Gasteiger partial charge in [-0.25, -0.2) is 0 Å². The molecule has 0 atom stereocenters. The first-order chi connectivity index (χ1) is 10.1. The SMILES string of the molecule is O=C(Nc1c(O)cccc1[N+](=O)[O-])c1cc2sccc2s1. The van der Waals surface area contributed by atoms with Crippen LogP contribution in [0.25, 0.3) is 9.40 Å². The van der Waals surface area contributed by atoms with Crippen LogP contribution in [-0.4, -0.2) is 15.9 Å². The van der Waals surface area contributed by atoms with Gasteiger partial charge in [0.25, 0.3) is 11.6 Å². The molecule has 0 aliphatic heterocycles. The Morgan fingerprint density at radius 3 is 2.81 bits per heavy atom. The first-order valence-corrected chi connectivity index (χ1v) is 7.50. The number of hydrogen-bond acceptors (Lipinski definition) is 6. The second-order valence-electron chi connectivity index (χ2n) is 4.14. The number of amides is 1. The van der Waals surface area contributed by atoms with Crippen LogP contribution in [0.3, 0.4) is 0 Å². The lowest BCUT2D eigenvalue weighted by atomic mass is 10.2. The van der Waals surface area contributed by atoms with Crippen molar-refractivity contribution in [1.29, 1.82) is 0 Å². The molecular weight excluding hydrogens is 312 g/mol. The predicted molar refractivity (Wildman–Crippen MR) is 82.4 cm³/mol. The van der Waals surface area contributed by atoms with E-state index in [0.29, 0.717) is 4.88 Å². The second-order valence-corrected chi connectivity index (χ2v) is 6.17. The van der Waals surface area contributed by atoms with Crippen molar-refractivity contribution in [3.8, 4) is 5.75 Å². The molecule has 21 heavy (non-hydrogen) atoms. The van der Waals surface area contributed by atoms with E-state index in [9.17, 15) is 20.0 Å². The smallest absolute Gasteiger partial charge is 0.296 e. The number of carbonyl (C=O) groups excluding carboxylic acids is 1. The standard InChI is InChI=1S/C13H8N2O4S2/c16-8-3-1-2-7(15(18)19)12(8)14-13(17)11-6-10-9(21-11)4-5-20-10/h1-6,16H,(H,14,17). The molecule has 2 aromatic heterocycles. The molecule has 0 aliphatic rings. The highest BCUT2D eigenvalue weighted by atomic mass is 32.1. The Bertz CT molecular complexity index is 824. The number of phenolic OH excluding ortho intramolecular Hbond substituents is 1. The van der Waals surface area contributed by atoms with E-state index in [0.717, 1.165) is 9.40 Å². The molecular formula is C13H8N2O4S2. The van der Waals surface area contributed by atoms with Crippen molar-refractivity contribution in [1.82, 2.24) is 0 Å². The molecule has 0 radical (unpaired) electrons. The first kappa shape index (κ1) is 13.5. The number of carbonyl (C=O) groups is 1. The van der Waals surface area contributed by atoms with E-state index in [4.69, 9.17) is 0 Å². The summed E-state index contributed by atoms with van der Waals surface area (Å²) in [6.45, 7) is 0. The van der Waals surface area contributed by atoms with Crippen molar-refractivity contribution in [3.63, 3.8) is 0 Å². The Kier molecular flexibility index (Phi) is 3.32. The van der Waals surface area contributed by atoms with Gasteiger partial charge in [-0.3, -0.25) is 14.9 Å². The summed E-state index contributed by atoms with van der Waals surface area (Å²) in [5, 5.41) is 25.0. The van der Waals surface area contributed by atoms with Crippen molar-refractivity contribution in [2.24, 2.45) is 0 Å². The van der Waals surface area contributed by atoms with Gasteiger partial charge in [-0.05, 0) is 23.6 Å². The summed E-state index contributed by atoms with van der Waals surface area (Å²) >= 11 is 2.81. The summed E-state index contributed by atoms with van der Waals surface area (Å²) in [5.41, 5.74) is -0.536. The van der Waals surface area contributed by atoms with Crippen molar-refractivity contribution in [2.45, 2.75) is 0 Å². The topological polar surface area (TPSA) is 92.5 Å². The van der Waals surface area contributed by atoms with Crippen molar-refractivity contribution >= 4 is 49.4 Å². The largest absolute Gasteiger partial charge is 0.505 e. The molecule has 1 aromatic carbocycles. The maximum absolute atomic E-state index is 12.2. The number of benzene rings is 1. The van der Waals surface area contributed by atoms with Crippen LogP contribution in [0.2, 0.25) is 0 Å². The minimum atomic E-state index is -0.650. The molecule has 6 nitrogen and oxygen atoms in total. The van der Waals surface area contributed by atoms with E-state index < -0.39 is 10.8 Å². The summed E-state index contributed by atoms with van der Waals surface area (Å²) in [7, 11) is 0. The number of aromatic hydroxyl groups is 1. The molecule has 0 saturated heterocycles. The molecule has 0 unspecified atom stereocenters. The highest BCUT2D eigenvalue weighted by molar-refractivity contribution is 7.27. The van der Waals surface area contributed by atoms with Crippen molar-refractivity contribution in [2.75, 3.05) is 5.32 Å². The predicted octanol–water partition coefficient (Wildman–Crippen LogP) is 3.83. The zero-order chi connectivity index (χ0) is 15.0. The molecule has 0 saturated carbocycles. The molecule has 3 aromatic rings. The molecule has 106 valence electrons. The minimum absolute atomic E-state index is 0.191. The van der Waals surface area contributed by atoms with Crippen LogP contribution >= 0.6 is 22.7 Å². The third-order valence-corrected chi connectivity index (χ3v) is 4.91. The number of phenols is 1. The normalized spacial score (nSPS) is 10.7. The average Bonchev–Trinajstić information content (AvgIpc) is 3.01. The van der Waals surface area contributed by atoms with Crippen LogP contribution in [0, 0.1) is 10.1 Å². The minimum Gasteiger partial charge on any atom is -0.505 e. The van der Waals surface area contributed by atoms with Crippen LogP contribution in [0.4, 0.5) is 11.4 Å². The lowest BCUT2D eigenvalue weighted by Gasteiger charge is -2.06. The van der Waals surface area contributed by atoms with Gasteiger partial charge in [-0.15, -0.1) is 22.7 Å². The van der Waals surface area contributed by atoms with E-state index in [-0.39, 0.29) is 17.1 Å². The monoisotopic (exact) mass is 320 g/mol. The van der Waals surface area contributed by atoms with Crippen LogP contribution in [0.1, 0.15) is 9.67 Å². The maximum atomic E-state index is 12.2. The Morgan fingerprint density at radius 2 is 2.10 bits per heavy atom. The summed E-state index contributed by atoms with van der Waals surface area (Å²) in [6, 6.07) is 7.50. The van der Waals surface area contributed by atoms with Gasteiger partial charge in [0.05, 0.1) is 9.80 Å². The average molecular weight is 320 g/mol. The molecule has 1 amide bonds. The van der Waals surface area contributed by atoms with Crippen LogP contribution < -0.4 is 5.32 Å². The summed E-state index contributed by atoms with van der Waals surface area (Å²) in [6.07, 6.45) is 0. The Hall–Kier alpha value is -2.45. The van der Waals surface area contributed by atoms with E-state index in [1.54, 1.807) is 6.07 Å². The lowest BCUT2D eigenvalue weighted by Crippen LogP contribution is -2.11. The molecule has 3 rings (SSSR count).